The summed E-state index contributed by atoms with van der Waals surface area (Å²) in [5.74, 6) is -0.358. The van der Waals surface area contributed by atoms with Gasteiger partial charge in [-0.15, -0.1) is 10.2 Å². The average Bonchev–Trinajstić information content (AvgIpc) is 2.75. The van der Waals surface area contributed by atoms with Gasteiger partial charge in [0, 0.05) is 5.56 Å². The third-order valence-electron chi connectivity index (χ3n) is 1.99. The molecule has 0 radical (unpaired) electrons. The van der Waals surface area contributed by atoms with Crippen molar-refractivity contribution in [2.75, 3.05) is 12.8 Å². The number of ether oxygens (including phenoxy) is 1. The summed E-state index contributed by atoms with van der Waals surface area (Å²) in [6.07, 6.45) is 0. The first-order chi connectivity index (χ1) is 7.70. The Bertz CT molecular complexity index is 507. The van der Waals surface area contributed by atoms with Gasteiger partial charge in [-0.2, -0.15) is 0 Å². The summed E-state index contributed by atoms with van der Waals surface area (Å²) in [6, 6.07) is 6.93. The van der Waals surface area contributed by atoms with Crippen molar-refractivity contribution in [3.05, 3.63) is 29.8 Å². The molecule has 0 amide bonds. The Balaban J connectivity index is 2.29. The van der Waals surface area contributed by atoms with Crippen LogP contribution < -0.4 is 5.73 Å². The SMILES string of the molecule is COC(=O)c1ccc(-c2nnc(N)s2)cc1. The van der Waals surface area contributed by atoms with Crippen LogP contribution in [-0.4, -0.2) is 23.3 Å². The molecule has 0 aliphatic rings. The highest BCUT2D eigenvalue weighted by Crippen LogP contribution is 2.24. The number of hydrogen-bond donors (Lipinski definition) is 1. The van der Waals surface area contributed by atoms with Crippen LogP contribution in [0.2, 0.25) is 0 Å². The highest BCUT2D eigenvalue weighted by Gasteiger charge is 2.07. The van der Waals surface area contributed by atoms with E-state index in [1.807, 2.05) is 0 Å². The van der Waals surface area contributed by atoms with Gasteiger partial charge in [0.25, 0.3) is 0 Å². The van der Waals surface area contributed by atoms with E-state index in [0.29, 0.717) is 10.7 Å². The fourth-order valence-corrected chi connectivity index (χ4v) is 1.83. The van der Waals surface area contributed by atoms with Crippen molar-refractivity contribution in [3.8, 4) is 10.6 Å². The first-order valence-electron chi connectivity index (χ1n) is 4.48. The standard InChI is InChI=1S/C10H9N3O2S/c1-15-9(14)7-4-2-6(3-5-7)8-12-13-10(11)16-8/h2-5H,1H3,(H2,11,13). The van der Waals surface area contributed by atoms with Gasteiger partial charge in [0.1, 0.15) is 5.01 Å². The van der Waals surface area contributed by atoms with Crippen molar-refractivity contribution >= 4 is 22.4 Å². The van der Waals surface area contributed by atoms with Gasteiger partial charge in [-0.1, -0.05) is 23.5 Å². The Labute approximate surface area is 95.9 Å². The van der Waals surface area contributed by atoms with Crippen molar-refractivity contribution in [2.45, 2.75) is 0 Å². The number of nitrogens with zero attached hydrogens (tertiary/aromatic N) is 2. The van der Waals surface area contributed by atoms with E-state index in [-0.39, 0.29) is 5.97 Å². The van der Waals surface area contributed by atoms with Crippen molar-refractivity contribution in [3.63, 3.8) is 0 Å². The minimum Gasteiger partial charge on any atom is -0.465 e. The van der Waals surface area contributed by atoms with E-state index in [4.69, 9.17) is 5.73 Å². The molecule has 1 aromatic heterocycles. The minimum absolute atomic E-state index is 0.358. The molecule has 0 saturated heterocycles. The van der Waals surface area contributed by atoms with Gasteiger partial charge < -0.3 is 10.5 Å². The molecule has 5 nitrogen and oxygen atoms in total. The molecular formula is C10H9N3O2S. The number of rotatable bonds is 2. The lowest BCUT2D eigenvalue weighted by Crippen LogP contribution is -2.00. The Hall–Kier alpha value is -1.95. The number of nitrogens with two attached hydrogens (primary N) is 1. The number of nitrogen functional groups attached to an aromatic ring is 1. The number of carbonyl (C=O) groups is 1. The summed E-state index contributed by atoms with van der Waals surface area (Å²) in [7, 11) is 1.35. The number of anilines is 1. The zero-order valence-corrected chi connectivity index (χ0v) is 9.32. The van der Waals surface area contributed by atoms with Gasteiger partial charge in [-0.3, -0.25) is 0 Å². The normalized spacial score (nSPS) is 10.1. The maximum atomic E-state index is 11.2. The molecule has 1 aromatic carbocycles. The van der Waals surface area contributed by atoms with Crippen LogP contribution in [0.1, 0.15) is 10.4 Å². The van der Waals surface area contributed by atoms with Gasteiger partial charge in [-0.25, -0.2) is 4.79 Å². The second kappa shape index (κ2) is 4.28. The number of aromatic nitrogens is 2. The molecular weight excluding hydrogens is 226 g/mol. The molecule has 0 unspecified atom stereocenters. The minimum atomic E-state index is -0.358. The highest BCUT2D eigenvalue weighted by atomic mass is 32.1. The number of hydrogen-bond acceptors (Lipinski definition) is 6. The summed E-state index contributed by atoms with van der Waals surface area (Å²) in [5.41, 5.74) is 6.87. The first-order valence-corrected chi connectivity index (χ1v) is 5.30. The Morgan fingerprint density at radius 3 is 2.50 bits per heavy atom. The topological polar surface area (TPSA) is 78.1 Å². The number of carbonyl (C=O) groups excluding carboxylic acids is 1. The fraction of sp³-hybridized carbons (Fsp3) is 0.100. The first kappa shape index (κ1) is 10.6. The quantitative estimate of drug-likeness (QED) is 0.799. The molecule has 2 rings (SSSR count). The Kier molecular flexibility index (Phi) is 2.82. The lowest BCUT2D eigenvalue weighted by Gasteiger charge is -1.99. The summed E-state index contributed by atoms with van der Waals surface area (Å²) in [5, 5.41) is 8.78. The third kappa shape index (κ3) is 2.01. The molecule has 16 heavy (non-hydrogen) atoms. The van der Waals surface area contributed by atoms with Gasteiger partial charge in [0.05, 0.1) is 12.7 Å². The van der Waals surface area contributed by atoms with Gasteiger partial charge in [-0.05, 0) is 12.1 Å². The van der Waals surface area contributed by atoms with Crippen LogP contribution in [0.25, 0.3) is 10.6 Å². The van der Waals surface area contributed by atoms with Gasteiger partial charge in [0.2, 0.25) is 5.13 Å². The fourth-order valence-electron chi connectivity index (χ4n) is 1.22. The van der Waals surface area contributed by atoms with Crippen molar-refractivity contribution in [1.29, 1.82) is 0 Å². The zero-order valence-electron chi connectivity index (χ0n) is 8.51. The third-order valence-corrected chi connectivity index (χ3v) is 2.80. The maximum Gasteiger partial charge on any atom is 0.337 e. The lowest BCUT2D eigenvalue weighted by molar-refractivity contribution is 0.0601. The molecule has 0 atom stereocenters. The predicted octanol–water partition coefficient (Wildman–Crippen LogP) is 1.57. The number of methoxy groups -OCH3 is 1. The van der Waals surface area contributed by atoms with E-state index in [2.05, 4.69) is 14.9 Å². The molecule has 0 aliphatic carbocycles. The van der Waals surface area contributed by atoms with E-state index in [1.54, 1.807) is 24.3 Å². The van der Waals surface area contributed by atoms with Crippen molar-refractivity contribution in [1.82, 2.24) is 10.2 Å². The molecule has 2 aromatic rings. The molecule has 1 heterocycles. The van der Waals surface area contributed by atoms with Crippen LogP contribution in [0, 0.1) is 0 Å². The van der Waals surface area contributed by atoms with E-state index in [9.17, 15) is 4.79 Å². The summed E-state index contributed by atoms with van der Waals surface area (Å²) in [6.45, 7) is 0. The highest BCUT2D eigenvalue weighted by molar-refractivity contribution is 7.18. The molecule has 0 bridgehead atoms. The zero-order chi connectivity index (χ0) is 11.5. The van der Waals surface area contributed by atoms with Crippen molar-refractivity contribution in [2.24, 2.45) is 0 Å². The molecule has 6 heteroatoms. The van der Waals surface area contributed by atoms with Crippen LogP contribution in [0.3, 0.4) is 0 Å². The molecule has 0 saturated carbocycles. The van der Waals surface area contributed by atoms with Crippen LogP contribution in [0.5, 0.6) is 0 Å². The largest absolute Gasteiger partial charge is 0.465 e. The second-order valence-corrected chi connectivity index (χ2v) is 4.02. The Morgan fingerprint density at radius 2 is 2.00 bits per heavy atom. The van der Waals surface area contributed by atoms with E-state index < -0.39 is 0 Å². The molecule has 82 valence electrons. The van der Waals surface area contributed by atoms with Crippen molar-refractivity contribution < 1.29 is 9.53 Å². The molecule has 2 N–H and O–H groups in total. The summed E-state index contributed by atoms with van der Waals surface area (Å²) >= 11 is 1.30. The number of esters is 1. The van der Waals surface area contributed by atoms with Crippen LogP contribution in [0.15, 0.2) is 24.3 Å². The predicted molar refractivity (Wildman–Crippen MR) is 61.1 cm³/mol. The summed E-state index contributed by atoms with van der Waals surface area (Å²) in [4.78, 5) is 11.2. The monoisotopic (exact) mass is 235 g/mol. The van der Waals surface area contributed by atoms with E-state index >= 15 is 0 Å². The second-order valence-electron chi connectivity index (χ2n) is 3.01. The number of benzene rings is 1. The smallest absolute Gasteiger partial charge is 0.337 e. The van der Waals surface area contributed by atoms with E-state index in [0.717, 1.165) is 10.6 Å². The van der Waals surface area contributed by atoms with Crippen LogP contribution >= 0.6 is 11.3 Å². The average molecular weight is 235 g/mol. The lowest BCUT2D eigenvalue weighted by atomic mass is 10.1. The van der Waals surface area contributed by atoms with Gasteiger partial charge in [0.15, 0.2) is 0 Å². The van der Waals surface area contributed by atoms with E-state index in [1.165, 1.54) is 18.4 Å². The maximum absolute atomic E-state index is 11.2. The Morgan fingerprint density at radius 1 is 1.31 bits per heavy atom. The summed E-state index contributed by atoms with van der Waals surface area (Å²) < 4.78 is 4.60. The molecule has 0 fully saturated rings. The van der Waals surface area contributed by atoms with Crippen LogP contribution in [0.4, 0.5) is 5.13 Å². The van der Waals surface area contributed by atoms with Gasteiger partial charge >= 0.3 is 5.97 Å². The molecule has 0 spiro atoms. The van der Waals surface area contributed by atoms with Crippen LogP contribution in [-0.2, 0) is 4.74 Å². The molecule has 0 aliphatic heterocycles.